The summed E-state index contributed by atoms with van der Waals surface area (Å²) in [5.41, 5.74) is 0.970. The van der Waals surface area contributed by atoms with E-state index in [1.165, 1.54) is 12.1 Å². The van der Waals surface area contributed by atoms with Gasteiger partial charge >= 0.3 is 0 Å². The van der Waals surface area contributed by atoms with Crippen molar-refractivity contribution in [2.24, 2.45) is 0 Å². The van der Waals surface area contributed by atoms with Gasteiger partial charge in [0.05, 0.1) is 15.6 Å². The Labute approximate surface area is 178 Å². The molecule has 2 aromatic rings. The van der Waals surface area contributed by atoms with Crippen molar-refractivity contribution in [2.75, 3.05) is 37.6 Å². The molecule has 2 aromatic carbocycles. The number of rotatable bonds is 6. The van der Waals surface area contributed by atoms with Crippen LogP contribution >= 0.6 is 27.5 Å². The molecule has 0 aromatic heterocycles. The first kappa shape index (κ1) is 21.1. The van der Waals surface area contributed by atoms with Crippen LogP contribution in [0.5, 0.6) is 0 Å². The average molecular weight is 487 g/mol. The predicted octanol–water partition coefficient (Wildman–Crippen LogP) is 3.12. The summed E-state index contributed by atoms with van der Waals surface area (Å²) in [6, 6.07) is 14.1. The number of piperazine rings is 1. The Morgan fingerprint density at radius 2 is 1.79 bits per heavy atom. The van der Waals surface area contributed by atoms with E-state index in [2.05, 4.69) is 25.6 Å². The second-order valence-corrected chi connectivity index (χ2v) is 9.51. The number of nitrogens with one attached hydrogen (secondary N) is 1. The van der Waals surface area contributed by atoms with Crippen LogP contribution in [0.1, 0.15) is 6.42 Å². The number of hydrogen-bond acceptors (Lipinski definition) is 4. The monoisotopic (exact) mass is 485 g/mol. The van der Waals surface area contributed by atoms with E-state index in [9.17, 15) is 13.2 Å². The Bertz CT molecular complexity index is 947. The predicted molar refractivity (Wildman–Crippen MR) is 114 cm³/mol. The fourth-order valence-corrected chi connectivity index (χ4v) is 4.96. The molecule has 3 rings (SSSR count). The van der Waals surface area contributed by atoms with Crippen molar-refractivity contribution in [1.29, 1.82) is 0 Å². The van der Waals surface area contributed by atoms with Crippen molar-refractivity contribution in [3.8, 4) is 0 Å². The van der Waals surface area contributed by atoms with Gasteiger partial charge in [-0.1, -0.05) is 45.7 Å². The quantitative estimate of drug-likeness (QED) is 0.681. The Morgan fingerprint density at radius 3 is 2.46 bits per heavy atom. The summed E-state index contributed by atoms with van der Waals surface area (Å²) in [7, 11) is -3.63. The van der Waals surface area contributed by atoms with Gasteiger partial charge in [0.15, 0.2) is 0 Å². The van der Waals surface area contributed by atoms with Crippen molar-refractivity contribution in [3.05, 3.63) is 58.0 Å². The van der Waals surface area contributed by atoms with Gasteiger partial charge in [-0.2, -0.15) is 0 Å². The summed E-state index contributed by atoms with van der Waals surface area (Å²) in [5, 5.41) is 0.698. The first-order valence-electron chi connectivity index (χ1n) is 8.89. The summed E-state index contributed by atoms with van der Waals surface area (Å²) >= 11 is 9.50. The number of benzene rings is 2. The Balaban J connectivity index is 1.48. The SMILES string of the molecule is O=C(CCNS(=O)(=O)c1cccc(Br)c1)N1CCN(c2ccccc2Cl)CC1. The molecule has 0 bridgehead atoms. The molecule has 1 N–H and O–H groups in total. The molecule has 1 aliphatic heterocycles. The first-order valence-corrected chi connectivity index (χ1v) is 11.5. The number of anilines is 1. The second-order valence-electron chi connectivity index (χ2n) is 6.42. The molecule has 0 spiro atoms. The molecular weight excluding hydrogens is 466 g/mol. The number of carbonyl (C=O) groups excluding carboxylic acids is 1. The van der Waals surface area contributed by atoms with Crippen LogP contribution in [0.15, 0.2) is 57.9 Å². The maximum atomic E-state index is 12.4. The number of amides is 1. The molecule has 1 fully saturated rings. The molecule has 6 nitrogen and oxygen atoms in total. The lowest BCUT2D eigenvalue weighted by Gasteiger charge is -2.36. The van der Waals surface area contributed by atoms with Crippen LogP contribution < -0.4 is 9.62 Å². The minimum absolute atomic E-state index is 0.0595. The summed E-state index contributed by atoms with van der Waals surface area (Å²) in [6.07, 6.45) is 0.124. The maximum absolute atomic E-state index is 12.4. The summed E-state index contributed by atoms with van der Waals surface area (Å²) in [4.78, 5) is 16.5. The van der Waals surface area contributed by atoms with E-state index in [0.717, 1.165) is 5.69 Å². The Kier molecular flexibility index (Phi) is 6.98. The highest BCUT2D eigenvalue weighted by Gasteiger charge is 2.22. The first-order chi connectivity index (χ1) is 13.4. The highest BCUT2D eigenvalue weighted by Crippen LogP contribution is 2.26. The molecule has 0 atom stereocenters. The van der Waals surface area contributed by atoms with E-state index < -0.39 is 10.0 Å². The minimum atomic E-state index is -3.63. The number of hydrogen-bond donors (Lipinski definition) is 1. The zero-order valence-electron chi connectivity index (χ0n) is 15.1. The van der Waals surface area contributed by atoms with Crippen LogP contribution in [0.25, 0.3) is 0 Å². The van der Waals surface area contributed by atoms with Gasteiger partial charge in [-0.3, -0.25) is 4.79 Å². The Morgan fingerprint density at radius 1 is 1.07 bits per heavy atom. The van der Waals surface area contributed by atoms with Crippen molar-refractivity contribution in [3.63, 3.8) is 0 Å². The third-order valence-electron chi connectivity index (χ3n) is 4.56. The van der Waals surface area contributed by atoms with Crippen LogP contribution in [0.4, 0.5) is 5.69 Å². The van der Waals surface area contributed by atoms with Crippen molar-refractivity contribution in [1.82, 2.24) is 9.62 Å². The lowest BCUT2D eigenvalue weighted by molar-refractivity contribution is -0.131. The summed E-state index contributed by atoms with van der Waals surface area (Å²) in [5.74, 6) is -0.0595. The number of sulfonamides is 1. The number of carbonyl (C=O) groups is 1. The standard InChI is InChI=1S/C19H21BrClN3O3S/c20-15-4-3-5-16(14-15)28(26,27)22-9-8-19(25)24-12-10-23(11-13-24)18-7-2-1-6-17(18)21/h1-7,14,22H,8-13H2. The smallest absolute Gasteiger partial charge is 0.240 e. The molecule has 1 aliphatic rings. The lowest BCUT2D eigenvalue weighted by atomic mass is 10.2. The number of halogens is 2. The van der Waals surface area contributed by atoms with Crippen LogP contribution in [0.2, 0.25) is 5.02 Å². The van der Waals surface area contributed by atoms with Crippen molar-refractivity contribution < 1.29 is 13.2 Å². The van der Waals surface area contributed by atoms with Crippen LogP contribution in [-0.4, -0.2) is 51.9 Å². The Hall–Kier alpha value is -1.61. The molecule has 1 saturated heterocycles. The average Bonchev–Trinajstić information content (AvgIpc) is 2.68. The minimum Gasteiger partial charge on any atom is -0.367 e. The third-order valence-corrected chi connectivity index (χ3v) is 6.83. The fourth-order valence-electron chi connectivity index (χ4n) is 3.07. The summed E-state index contributed by atoms with van der Waals surface area (Å²) < 4.78 is 27.8. The van der Waals surface area contributed by atoms with Crippen LogP contribution in [-0.2, 0) is 14.8 Å². The molecule has 1 amide bonds. The van der Waals surface area contributed by atoms with E-state index in [1.54, 1.807) is 17.0 Å². The van der Waals surface area contributed by atoms with E-state index in [-0.39, 0.29) is 23.8 Å². The molecule has 0 saturated carbocycles. The maximum Gasteiger partial charge on any atom is 0.240 e. The van der Waals surface area contributed by atoms with Gasteiger partial charge in [0.1, 0.15) is 0 Å². The van der Waals surface area contributed by atoms with E-state index in [4.69, 9.17) is 11.6 Å². The molecule has 1 heterocycles. The molecule has 28 heavy (non-hydrogen) atoms. The lowest BCUT2D eigenvalue weighted by Crippen LogP contribution is -2.49. The van der Waals surface area contributed by atoms with Crippen LogP contribution in [0, 0.1) is 0 Å². The van der Waals surface area contributed by atoms with Gasteiger partial charge in [0.25, 0.3) is 0 Å². The van der Waals surface area contributed by atoms with Gasteiger partial charge in [-0.05, 0) is 30.3 Å². The normalized spacial score (nSPS) is 14.9. The molecule has 0 radical (unpaired) electrons. The topological polar surface area (TPSA) is 69.7 Å². The zero-order chi connectivity index (χ0) is 20.1. The van der Waals surface area contributed by atoms with E-state index >= 15 is 0 Å². The highest BCUT2D eigenvalue weighted by atomic mass is 79.9. The molecule has 0 unspecified atom stereocenters. The molecule has 150 valence electrons. The zero-order valence-corrected chi connectivity index (χ0v) is 18.3. The van der Waals surface area contributed by atoms with E-state index in [1.807, 2.05) is 24.3 Å². The van der Waals surface area contributed by atoms with Gasteiger partial charge in [-0.15, -0.1) is 0 Å². The molecule has 0 aliphatic carbocycles. The molecular formula is C19H21BrClN3O3S. The largest absolute Gasteiger partial charge is 0.367 e. The van der Waals surface area contributed by atoms with Gasteiger partial charge in [-0.25, -0.2) is 13.1 Å². The van der Waals surface area contributed by atoms with Crippen molar-refractivity contribution in [2.45, 2.75) is 11.3 Å². The van der Waals surface area contributed by atoms with Gasteiger partial charge in [0, 0.05) is 43.6 Å². The number of nitrogens with zero attached hydrogens (tertiary/aromatic N) is 2. The summed E-state index contributed by atoms with van der Waals surface area (Å²) in [6.45, 7) is 2.63. The van der Waals surface area contributed by atoms with Gasteiger partial charge < -0.3 is 9.80 Å². The van der Waals surface area contributed by atoms with Gasteiger partial charge in [0.2, 0.25) is 15.9 Å². The van der Waals surface area contributed by atoms with Crippen molar-refractivity contribution >= 4 is 49.1 Å². The fraction of sp³-hybridized carbons (Fsp3) is 0.316. The van der Waals surface area contributed by atoms with Crippen LogP contribution in [0.3, 0.4) is 0 Å². The third kappa shape index (κ3) is 5.26. The highest BCUT2D eigenvalue weighted by molar-refractivity contribution is 9.10. The number of para-hydroxylation sites is 1. The van der Waals surface area contributed by atoms with E-state index in [0.29, 0.717) is 35.7 Å². The molecule has 9 heteroatoms. The second kappa shape index (κ2) is 9.26.